The lowest BCUT2D eigenvalue weighted by molar-refractivity contribution is 0.214. The molecule has 0 radical (unpaired) electrons. The molecule has 0 fully saturated rings. The van der Waals surface area contributed by atoms with Crippen molar-refractivity contribution in [3.05, 3.63) is 71.5 Å². The van der Waals surface area contributed by atoms with Gasteiger partial charge in [-0.3, -0.25) is 4.90 Å². The average Bonchev–Trinajstić information content (AvgIpc) is 3.21. The molecule has 6 heteroatoms. The molecule has 0 unspecified atom stereocenters. The maximum absolute atomic E-state index is 5.88. The Morgan fingerprint density at radius 2 is 1.66 bits per heavy atom. The normalized spacial score (nSPS) is 16.2. The van der Waals surface area contributed by atoms with Crippen LogP contribution in [-0.2, 0) is 13.1 Å². The highest BCUT2D eigenvalue weighted by atomic mass is 16.5. The van der Waals surface area contributed by atoms with Crippen molar-refractivity contribution in [3.63, 3.8) is 0 Å². The monoisotopic (exact) mass is 436 g/mol. The van der Waals surface area contributed by atoms with Crippen LogP contribution in [-0.4, -0.2) is 43.9 Å². The van der Waals surface area contributed by atoms with Crippen LogP contribution in [0.2, 0.25) is 0 Å². The van der Waals surface area contributed by atoms with Crippen LogP contribution in [0.4, 0.5) is 0 Å². The van der Waals surface area contributed by atoms with Crippen molar-refractivity contribution in [1.29, 1.82) is 0 Å². The fourth-order valence-electron chi connectivity index (χ4n) is 4.60. The van der Waals surface area contributed by atoms with Crippen molar-refractivity contribution in [2.45, 2.75) is 32.5 Å². The lowest BCUT2D eigenvalue weighted by Crippen LogP contribution is -2.30. The first-order valence-electron chi connectivity index (χ1n) is 11.1. The van der Waals surface area contributed by atoms with Crippen molar-refractivity contribution < 1.29 is 18.9 Å². The van der Waals surface area contributed by atoms with Gasteiger partial charge in [-0.2, -0.15) is 0 Å². The van der Waals surface area contributed by atoms with Crippen molar-refractivity contribution in [3.8, 4) is 23.0 Å². The second kappa shape index (κ2) is 10.0. The zero-order chi connectivity index (χ0) is 22.5. The van der Waals surface area contributed by atoms with Crippen LogP contribution in [0.25, 0.3) is 0 Å². The summed E-state index contributed by atoms with van der Waals surface area (Å²) < 4.78 is 25.1. The van der Waals surface area contributed by atoms with Crippen molar-refractivity contribution in [1.82, 2.24) is 9.47 Å². The number of ether oxygens (including phenoxy) is 4. The molecule has 0 saturated carbocycles. The summed E-state index contributed by atoms with van der Waals surface area (Å²) in [6, 6.07) is 16.8. The minimum atomic E-state index is 0.0221. The van der Waals surface area contributed by atoms with Gasteiger partial charge in [0.25, 0.3) is 0 Å². The van der Waals surface area contributed by atoms with E-state index in [-0.39, 0.29) is 6.04 Å². The Balaban J connectivity index is 1.77. The van der Waals surface area contributed by atoms with Crippen LogP contribution < -0.4 is 18.9 Å². The molecule has 2 heterocycles. The Morgan fingerprint density at radius 1 is 0.875 bits per heavy atom. The summed E-state index contributed by atoms with van der Waals surface area (Å²) >= 11 is 0. The maximum Gasteiger partial charge on any atom is 0.203 e. The number of benzene rings is 2. The summed E-state index contributed by atoms with van der Waals surface area (Å²) in [5.41, 5.74) is 3.56. The molecule has 4 rings (SSSR count). The van der Waals surface area contributed by atoms with Gasteiger partial charge in [-0.1, -0.05) is 12.1 Å². The fourth-order valence-corrected chi connectivity index (χ4v) is 4.60. The average molecular weight is 437 g/mol. The number of rotatable bonds is 8. The minimum Gasteiger partial charge on any atom is -0.494 e. The lowest BCUT2D eigenvalue weighted by Gasteiger charge is -2.32. The van der Waals surface area contributed by atoms with E-state index in [1.165, 1.54) is 11.3 Å². The van der Waals surface area contributed by atoms with Gasteiger partial charge in [0.15, 0.2) is 11.5 Å². The molecular formula is C26H32N2O4. The SMILES string of the molecule is CCOc1ccc(CN2CCCn3cccc3[C@H]2c2ccc(OC)c(OC)c2OC)cc1. The summed E-state index contributed by atoms with van der Waals surface area (Å²) in [4.78, 5) is 2.51. The zero-order valence-corrected chi connectivity index (χ0v) is 19.3. The molecule has 0 N–H and O–H groups in total. The van der Waals surface area contributed by atoms with Crippen LogP contribution in [0, 0.1) is 0 Å². The van der Waals surface area contributed by atoms with E-state index in [0.29, 0.717) is 23.9 Å². The first kappa shape index (κ1) is 22.1. The number of aryl methyl sites for hydroxylation is 1. The molecular weight excluding hydrogens is 404 g/mol. The summed E-state index contributed by atoms with van der Waals surface area (Å²) in [6.07, 6.45) is 3.24. The van der Waals surface area contributed by atoms with Crippen LogP contribution in [0.15, 0.2) is 54.7 Å². The Hall–Kier alpha value is -3.12. The van der Waals surface area contributed by atoms with Crippen molar-refractivity contribution in [2.24, 2.45) is 0 Å². The van der Waals surface area contributed by atoms with Crippen molar-refractivity contribution in [2.75, 3.05) is 34.5 Å². The van der Waals surface area contributed by atoms with E-state index >= 15 is 0 Å². The topological polar surface area (TPSA) is 45.1 Å². The molecule has 1 aliphatic heterocycles. The number of methoxy groups -OCH3 is 3. The van der Waals surface area contributed by atoms with E-state index < -0.39 is 0 Å². The van der Waals surface area contributed by atoms with Gasteiger partial charge in [0.1, 0.15) is 5.75 Å². The van der Waals surface area contributed by atoms with Gasteiger partial charge in [-0.15, -0.1) is 0 Å². The number of aromatic nitrogens is 1. The number of hydrogen-bond acceptors (Lipinski definition) is 5. The first-order chi connectivity index (χ1) is 15.7. The largest absolute Gasteiger partial charge is 0.494 e. The summed E-state index contributed by atoms with van der Waals surface area (Å²) in [5, 5.41) is 0. The number of hydrogen-bond donors (Lipinski definition) is 0. The summed E-state index contributed by atoms with van der Waals surface area (Å²) in [5.74, 6) is 2.90. The Labute approximate surface area is 190 Å². The molecule has 0 spiro atoms. The predicted molar refractivity (Wildman–Crippen MR) is 125 cm³/mol. The molecule has 6 nitrogen and oxygen atoms in total. The van der Waals surface area contributed by atoms with Gasteiger partial charge >= 0.3 is 0 Å². The number of fused-ring (bicyclic) bond motifs is 1. The highest BCUT2D eigenvalue weighted by molar-refractivity contribution is 5.58. The van der Waals surface area contributed by atoms with E-state index in [2.05, 4.69) is 46.0 Å². The second-order valence-corrected chi connectivity index (χ2v) is 7.85. The van der Waals surface area contributed by atoms with Gasteiger partial charge in [0.05, 0.1) is 34.0 Å². The first-order valence-corrected chi connectivity index (χ1v) is 11.1. The molecule has 1 aromatic heterocycles. The third-order valence-electron chi connectivity index (χ3n) is 6.00. The van der Waals surface area contributed by atoms with Crippen molar-refractivity contribution >= 4 is 0 Å². The summed E-state index contributed by atoms with van der Waals surface area (Å²) in [6.45, 7) is 5.45. The van der Waals surface area contributed by atoms with Gasteiger partial charge < -0.3 is 23.5 Å². The number of nitrogens with zero attached hydrogens (tertiary/aromatic N) is 2. The Bertz CT molecular complexity index is 1030. The van der Waals surface area contributed by atoms with Crippen LogP contribution in [0.3, 0.4) is 0 Å². The highest BCUT2D eigenvalue weighted by Crippen LogP contribution is 2.46. The summed E-state index contributed by atoms with van der Waals surface area (Å²) in [7, 11) is 4.98. The zero-order valence-electron chi connectivity index (χ0n) is 19.3. The molecule has 3 aromatic rings. The second-order valence-electron chi connectivity index (χ2n) is 7.85. The fraction of sp³-hybridized carbons (Fsp3) is 0.385. The van der Waals surface area contributed by atoms with E-state index in [0.717, 1.165) is 37.4 Å². The standard InChI is InChI=1S/C26H32N2O4/c1-5-32-20-11-9-19(10-12-20)18-28-17-7-16-27-15-6-8-22(27)24(28)21-13-14-23(29-2)26(31-4)25(21)30-3/h6,8-15,24H,5,7,16-18H2,1-4H3/t24-/m1/s1. The van der Waals surface area contributed by atoms with Crippen LogP contribution in [0.1, 0.15) is 36.2 Å². The molecule has 2 aromatic carbocycles. The van der Waals surface area contributed by atoms with Gasteiger partial charge in [-0.05, 0) is 55.3 Å². The molecule has 0 saturated heterocycles. The van der Waals surface area contributed by atoms with E-state index in [1.807, 2.05) is 25.1 Å². The highest BCUT2D eigenvalue weighted by Gasteiger charge is 2.31. The van der Waals surface area contributed by atoms with E-state index in [9.17, 15) is 0 Å². The van der Waals surface area contributed by atoms with Gasteiger partial charge in [0.2, 0.25) is 5.75 Å². The van der Waals surface area contributed by atoms with E-state index in [4.69, 9.17) is 18.9 Å². The molecule has 1 atom stereocenters. The Morgan fingerprint density at radius 3 is 2.34 bits per heavy atom. The van der Waals surface area contributed by atoms with E-state index in [1.54, 1.807) is 21.3 Å². The molecule has 0 amide bonds. The van der Waals surface area contributed by atoms with Gasteiger partial charge in [0, 0.05) is 37.1 Å². The molecule has 0 aliphatic carbocycles. The smallest absolute Gasteiger partial charge is 0.203 e. The lowest BCUT2D eigenvalue weighted by atomic mass is 9.99. The quantitative estimate of drug-likeness (QED) is 0.502. The molecule has 0 bridgehead atoms. The predicted octanol–water partition coefficient (Wildman–Crippen LogP) is 4.91. The maximum atomic E-state index is 5.88. The molecule has 170 valence electrons. The molecule has 32 heavy (non-hydrogen) atoms. The van der Waals surface area contributed by atoms with Crippen LogP contribution in [0.5, 0.6) is 23.0 Å². The Kier molecular flexibility index (Phi) is 6.90. The minimum absolute atomic E-state index is 0.0221. The van der Waals surface area contributed by atoms with Crippen LogP contribution >= 0.6 is 0 Å². The third-order valence-corrected chi connectivity index (χ3v) is 6.00. The van der Waals surface area contributed by atoms with Gasteiger partial charge in [-0.25, -0.2) is 0 Å². The molecule has 1 aliphatic rings. The third kappa shape index (κ3) is 4.28.